The quantitative estimate of drug-likeness (QED) is 0.365. The molecule has 0 fully saturated rings. The van der Waals surface area contributed by atoms with Crippen molar-refractivity contribution in [3.63, 3.8) is 0 Å². The second-order valence-electron chi connectivity index (χ2n) is 6.94. The molecule has 0 aliphatic carbocycles. The number of aldehydes is 1. The van der Waals surface area contributed by atoms with Gasteiger partial charge in [-0.05, 0) is 66.5 Å². The molecule has 2 rings (SSSR count). The maximum absolute atomic E-state index is 14.4. The van der Waals surface area contributed by atoms with Gasteiger partial charge in [0.2, 0.25) is 0 Å². The lowest BCUT2D eigenvalue weighted by Gasteiger charge is -2.34. The number of alkyl halides is 3. The molecule has 1 aromatic carbocycles. The standard InChI is InChI=1S/C18H17BrF4N2O3S/c1-16(2,3)29(27)25-17(10-26,15-12(19)5-4-8-24-15)11-6-7-14(13(20)9-11)28-18(21,22)23/h4-10,25H,1-3H3/t17-,29?/m1/s1. The summed E-state index contributed by atoms with van der Waals surface area (Å²) in [6.45, 7) is 4.96. The van der Waals surface area contributed by atoms with Crippen molar-refractivity contribution in [3.05, 3.63) is 58.1 Å². The van der Waals surface area contributed by atoms with Crippen molar-refractivity contribution < 1.29 is 31.6 Å². The Hall–Kier alpha value is -1.69. The Morgan fingerprint density at radius 2 is 1.90 bits per heavy atom. The van der Waals surface area contributed by atoms with Gasteiger partial charge in [-0.3, -0.25) is 4.98 Å². The Morgan fingerprint density at radius 1 is 1.24 bits per heavy atom. The van der Waals surface area contributed by atoms with Crippen LogP contribution in [-0.4, -0.2) is 26.9 Å². The van der Waals surface area contributed by atoms with Crippen LogP contribution in [0.25, 0.3) is 0 Å². The zero-order valence-electron chi connectivity index (χ0n) is 15.5. The number of pyridine rings is 1. The molecule has 0 radical (unpaired) electrons. The van der Waals surface area contributed by atoms with Gasteiger partial charge in [0.1, 0.15) is 4.75 Å². The number of hydrogen-bond donors (Lipinski definition) is 1. The van der Waals surface area contributed by atoms with E-state index in [4.69, 9.17) is 0 Å². The number of rotatable bonds is 6. The van der Waals surface area contributed by atoms with Crippen molar-refractivity contribution in [1.82, 2.24) is 9.71 Å². The third-order valence-electron chi connectivity index (χ3n) is 3.73. The predicted molar refractivity (Wildman–Crippen MR) is 103 cm³/mol. The van der Waals surface area contributed by atoms with Gasteiger partial charge in [-0.2, -0.15) is 0 Å². The van der Waals surface area contributed by atoms with Crippen LogP contribution in [0.15, 0.2) is 41.0 Å². The van der Waals surface area contributed by atoms with Crippen molar-refractivity contribution in [2.45, 2.75) is 37.4 Å². The van der Waals surface area contributed by atoms with Crippen molar-refractivity contribution in [2.24, 2.45) is 0 Å². The summed E-state index contributed by atoms with van der Waals surface area (Å²) < 4.78 is 70.3. The summed E-state index contributed by atoms with van der Waals surface area (Å²) in [6.07, 6.45) is -3.33. The van der Waals surface area contributed by atoms with E-state index in [0.717, 1.165) is 12.1 Å². The van der Waals surface area contributed by atoms with E-state index in [1.165, 1.54) is 6.20 Å². The Bertz CT molecular complexity index is 892. The molecule has 0 aliphatic rings. The molecule has 0 saturated carbocycles. The van der Waals surface area contributed by atoms with Crippen LogP contribution in [0.4, 0.5) is 17.6 Å². The molecule has 29 heavy (non-hydrogen) atoms. The van der Waals surface area contributed by atoms with Crippen LogP contribution in [0, 0.1) is 5.82 Å². The molecule has 0 amide bonds. The first-order valence-electron chi connectivity index (χ1n) is 8.13. The van der Waals surface area contributed by atoms with Gasteiger partial charge in [-0.15, -0.1) is 17.9 Å². The summed E-state index contributed by atoms with van der Waals surface area (Å²) in [7, 11) is 0. The lowest BCUT2D eigenvalue weighted by Crippen LogP contribution is -2.53. The Kier molecular flexibility index (Phi) is 6.98. The van der Waals surface area contributed by atoms with E-state index in [1.807, 2.05) is 0 Å². The first-order chi connectivity index (χ1) is 13.3. The monoisotopic (exact) mass is 496 g/mol. The molecule has 1 aromatic heterocycles. The Labute approximate surface area is 176 Å². The molecule has 0 spiro atoms. The van der Waals surface area contributed by atoms with Crippen LogP contribution in [0.1, 0.15) is 32.0 Å². The normalized spacial score (nSPS) is 15.5. The highest BCUT2D eigenvalue weighted by Gasteiger charge is 2.45. The second kappa shape index (κ2) is 8.58. The molecule has 1 N–H and O–H groups in total. The minimum atomic E-state index is -5.08. The molecular formula is C18H17BrF4N2O3S. The van der Waals surface area contributed by atoms with E-state index in [0.29, 0.717) is 16.8 Å². The molecule has 158 valence electrons. The highest BCUT2D eigenvalue weighted by atomic mass is 79.9. The molecule has 1 heterocycles. The van der Waals surface area contributed by atoms with Crippen LogP contribution in [0.2, 0.25) is 0 Å². The highest BCUT2D eigenvalue weighted by molar-refractivity contribution is 9.10. The van der Waals surface area contributed by atoms with Crippen molar-refractivity contribution in [3.8, 4) is 5.75 Å². The third-order valence-corrected chi connectivity index (χ3v) is 5.99. The average Bonchev–Trinajstić information content (AvgIpc) is 2.60. The van der Waals surface area contributed by atoms with Gasteiger partial charge in [-0.1, -0.05) is 6.07 Å². The summed E-state index contributed by atoms with van der Waals surface area (Å²) in [4.78, 5) is 16.4. The molecule has 11 heteroatoms. The van der Waals surface area contributed by atoms with E-state index >= 15 is 0 Å². The minimum absolute atomic E-state index is 0.0662. The zero-order chi connectivity index (χ0) is 22.0. The van der Waals surface area contributed by atoms with E-state index in [9.17, 15) is 26.9 Å². The fraction of sp³-hybridized carbons (Fsp3) is 0.333. The largest absolute Gasteiger partial charge is 0.598 e. The van der Waals surface area contributed by atoms with Crippen LogP contribution >= 0.6 is 15.9 Å². The van der Waals surface area contributed by atoms with E-state index < -0.39 is 39.6 Å². The van der Waals surface area contributed by atoms with Gasteiger partial charge in [0.05, 0.1) is 5.69 Å². The van der Waals surface area contributed by atoms with Crippen molar-refractivity contribution in [2.75, 3.05) is 0 Å². The Balaban J connectivity index is 2.66. The first kappa shape index (κ1) is 23.6. The van der Waals surface area contributed by atoms with Gasteiger partial charge in [0.25, 0.3) is 0 Å². The number of halogens is 5. The summed E-state index contributed by atoms with van der Waals surface area (Å²) in [5.41, 5.74) is -1.94. The molecule has 2 aromatic rings. The van der Waals surface area contributed by atoms with E-state index in [2.05, 4.69) is 30.4 Å². The van der Waals surface area contributed by atoms with Crippen LogP contribution < -0.4 is 9.46 Å². The van der Waals surface area contributed by atoms with Crippen molar-refractivity contribution >= 4 is 33.6 Å². The fourth-order valence-corrected chi connectivity index (χ4v) is 3.75. The highest BCUT2D eigenvalue weighted by Crippen LogP contribution is 2.36. The number of carbonyl (C=O) groups excluding carboxylic acids is 1. The second-order valence-corrected chi connectivity index (χ2v) is 9.76. The van der Waals surface area contributed by atoms with Gasteiger partial charge in [0.15, 0.2) is 23.4 Å². The lowest BCUT2D eigenvalue weighted by atomic mass is 9.88. The number of nitrogens with zero attached hydrogens (tertiary/aromatic N) is 1. The first-order valence-corrected chi connectivity index (χ1v) is 10.1. The number of ether oxygens (including phenoxy) is 1. The van der Waals surface area contributed by atoms with Crippen LogP contribution in [0.5, 0.6) is 5.75 Å². The maximum Gasteiger partial charge on any atom is 0.573 e. The smallest absolute Gasteiger partial charge is 0.573 e. The van der Waals surface area contributed by atoms with Gasteiger partial charge in [-0.25, -0.2) is 4.39 Å². The van der Waals surface area contributed by atoms with Crippen LogP contribution in [0.3, 0.4) is 0 Å². The lowest BCUT2D eigenvalue weighted by molar-refractivity contribution is -0.275. The fourth-order valence-electron chi connectivity index (χ4n) is 2.32. The predicted octanol–water partition coefficient (Wildman–Crippen LogP) is 4.38. The SMILES string of the molecule is CC(C)(C)[S+]([O-])N[C@](C=O)(c1ccc(OC(F)(F)F)c(F)c1)c1ncccc1Br. The molecule has 0 saturated heterocycles. The average molecular weight is 497 g/mol. The minimum Gasteiger partial charge on any atom is -0.598 e. The number of nitrogens with one attached hydrogen (secondary N) is 1. The number of carbonyl (C=O) groups is 1. The Morgan fingerprint density at radius 3 is 2.38 bits per heavy atom. The van der Waals surface area contributed by atoms with Gasteiger partial charge in [0, 0.05) is 22.0 Å². The molecule has 0 bridgehead atoms. The molecule has 0 aliphatic heterocycles. The third kappa shape index (κ3) is 5.47. The maximum atomic E-state index is 14.4. The number of aromatic nitrogens is 1. The molecular weight excluding hydrogens is 480 g/mol. The zero-order valence-corrected chi connectivity index (χ0v) is 17.9. The number of benzene rings is 1. The summed E-state index contributed by atoms with van der Waals surface area (Å²) in [5, 5.41) is 0. The van der Waals surface area contributed by atoms with Gasteiger partial charge < -0.3 is 14.1 Å². The summed E-state index contributed by atoms with van der Waals surface area (Å²) >= 11 is 1.44. The van der Waals surface area contributed by atoms with E-state index in [-0.39, 0.29) is 11.3 Å². The van der Waals surface area contributed by atoms with Gasteiger partial charge >= 0.3 is 6.36 Å². The molecule has 1 unspecified atom stereocenters. The summed E-state index contributed by atoms with van der Waals surface area (Å²) in [6, 6.07) is 5.68. The van der Waals surface area contributed by atoms with Crippen LogP contribution in [-0.2, 0) is 21.7 Å². The topological polar surface area (TPSA) is 74.3 Å². The molecule has 2 atom stereocenters. The number of hydrogen-bond acceptors (Lipinski definition) is 5. The summed E-state index contributed by atoms with van der Waals surface area (Å²) in [5.74, 6) is -2.40. The van der Waals surface area contributed by atoms with Crippen molar-refractivity contribution in [1.29, 1.82) is 0 Å². The van der Waals surface area contributed by atoms with E-state index in [1.54, 1.807) is 32.9 Å². The molecule has 5 nitrogen and oxygen atoms in total.